The van der Waals surface area contributed by atoms with Crippen LogP contribution in [-0.2, 0) is 22.3 Å². The summed E-state index contributed by atoms with van der Waals surface area (Å²) < 4.78 is 26.8. The first kappa shape index (κ1) is 18.6. The number of rotatable bonds is 5. The summed E-state index contributed by atoms with van der Waals surface area (Å²) in [6, 6.07) is 10.8. The molecule has 25 heavy (non-hydrogen) atoms. The third-order valence-corrected chi connectivity index (χ3v) is 6.76. The Hall–Kier alpha value is -1.18. The van der Waals surface area contributed by atoms with Crippen LogP contribution in [0.5, 0.6) is 0 Å². The number of piperazine rings is 1. The van der Waals surface area contributed by atoms with Crippen molar-refractivity contribution in [3.63, 3.8) is 0 Å². The molecule has 2 aromatic rings. The fourth-order valence-corrected chi connectivity index (χ4v) is 4.64. The first-order valence-corrected chi connectivity index (χ1v) is 10.3. The molecule has 134 valence electrons. The summed E-state index contributed by atoms with van der Waals surface area (Å²) in [5, 5.41) is 0.792. The van der Waals surface area contributed by atoms with Crippen molar-refractivity contribution in [2.45, 2.75) is 12.3 Å². The average Bonchev–Trinajstić information content (AvgIpc) is 2.59. The number of aromatic nitrogens is 1. The zero-order valence-corrected chi connectivity index (χ0v) is 15.9. The second-order valence-corrected chi connectivity index (χ2v) is 8.78. The quantitative estimate of drug-likeness (QED) is 0.774. The second kappa shape index (κ2) is 8.01. The van der Waals surface area contributed by atoms with Crippen molar-refractivity contribution in [3.8, 4) is 0 Å². The minimum atomic E-state index is -3.37. The van der Waals surface area contributed by atoms with Gasteiger partial charge in [0, 0.05) is 38.9 Å². The van der Waals surface area contributed by atoms with Crippen molar-refractivity contribution in [1.82, 2.24) is 14.2 Å². The fourth-order valence-electron chi connectivity index (χ4n) is 2.82. The smallest absolute Gasteiger partial charge is 0.218 e. The molecule has 0 N–H and O–H groups in total. The van der Waals surface area contributed by atoms with Crippen molar-refractivity contribution in [3.05, 3.63) is 63.9 Å². The fraction of sp³-hybridized carbons (Fsp3) is 0.353. The lowest BCUT2D eigenvalue weighted by atomic mass is 10.2. The lowest BCUT2D eigenvalue weighted by Crippen LogP contribution is -2.48. The maximum Gasteiger partial charge on any atom is 0.218 e. The Labute approximate surface area is 158 Å². The van der Waals surface area contributed by atoms with Crippen LogP contribution in [-0.4, -0.2) is 48.8 Å². The third kappa shape index (κ3) is 4.92. The van der Waals surface area contributed by atoms with Crippen LogP contribution in [0.2, 0.25) is 10.0 Å². The Morgan fingerprint density at radius 1 is 1.00 bits per heavy atom. The number of benzene rings is 1. The van der Waals surface area contributed by atoms with E-state index in [1.165, 1.54) is 0 Å². The highest BCUT2D eigenvalue weighted by atomic mass is 35.5. The molecule has 8 heteroatoms. The van der Waals surface area contributed by atoms with Gasteiger partial charge in [-0.2, -0.15) is 4.31 Å². The van der Waals surface area contributed by atoms with Crippen LogP contribution in [0.15, 0.2) is 42.6 Å². The Morgan fingerprint density at radius 2 is 1.76 bits per heavy atom. The minimum Gasteiger partial charge on any atom is -0.295 e. The van der Waals surface area contributed by atoms with Gasteiger partial charge in [-0.25, -0.2) is 8.42 Å². The largest absolute Gasteiger partial charge is 0.295 e. The third-order valence-electron chi connectivity index (χ3n) is 4.17. The van der Waals surface area contributed by atoms with E-state index < -0.39 is 10.0 Å². The van der Waals surface area contributed by atoms with E-state index in [0.717, 1.165) is 12.2 Å². The molecule has 0 amide bonds. The molecule has 5 nitrogen and oxygen atoms in total. The standard InChI is InChI=1S/C17H19Cl2N3O2S/c18-16-5-4-14(11-17(16)19)13-25(23,24)22-9-7-21(8-10-22)12-15-3-1-2-6-20-15/h1-6,11H,7-10,12-13H2. The van der Waals surface area contributed by atoms with Crippen LogP contribution in [0, 0.1) is 0 Å². The summed E-state index contributed by atoms with van der Waals surface area (Å²) in [7, 11) is -3.37. The van der Waals surface area contributed by atoms with Crippen molar-refractivity contribution < 1.29 is 8.42 Å². The number of halogens is 2. The van der Waals surface area contributed by atoms with E-state index in [1.54, 1.807) is 28.7 Å². The topological polar surface area (TPSA) is 53.5 Å². The molecular weight excluding hydrogens is 381 g/mol. The van der Waals surface area contributed by atoms with Gasteiger partial charge in [0.1, 0.15) is 0 Å². The molecule has 1 aliphatic heterocycles. The predicted octanol–water partition coefficient (Wildman–Crippen LogP) is 3.04. The molecule has 1 aliphatic rings. The van der Waals surface area contributed by atoms with Gasteiger partial charge in [-0.3, -0.25) is 9.88 Å². The highest BCUT2D eigenvalue weighted by Crippen LogP contribution is 2.24. The van der Waals surface area contributed by atoms with Gasteiger partial charge in [0.25, 0.3) is 0 Å². The van der Waals surface area contributed by atoms with Crippen molar-refractivity contribution in [2.75, 3.05) is 26.2 Å². The monoisotopic (exact) mass is 399 g/mol. The summed E-state index contributed by atoms with van der Waals surface area (Å²) in [4.78, 5) is 6.53. The van der Waals surface area contributed by atoms with Crippen molar-refractivity contribution in [2.24, 2.45) is 0 Å². The van der Waals surface area contributed by atoms with Gasteiger partial charge < -0.3 is 0 Å². The van der Waals surface area contributed by atoms with Gasteiger partial charge >= 0.3 is 0 Å². The molecule has 0 unspecified atom stereocenters. The number of pyridine rings is 1. The first-order valence-electron chi connectivity index (χ1n) is 7.98. The van der Waals surface area contributed by atoms with Crippen LogP contribution in [0.1, 0.15) is 11.3 Å². The Morgan fingerprint density at radius 3 is 2.40 bits per heavy atom. The molecule has 2 heterocycles. The summed E-state index contributed by atoms with van der Waals surface area (Å²) in [5.41, 5.74) is 1.64. The summed E-state index contributed by atoms with van der Waals surface area (Å²) >= 11 is 11.9. The maximum atomic E-state index is 12.6. The molecule has 0 radical (unpaired) electrons. The van der Waals surface area contributed by atoms with E-state index in [0.29, 0.717) is 41.8 Å². The van der Waals surface area contributed by atoms with Crippen LogP contribution in [0.25, 0.3) is 0 Å². The van der Waals surface area contributed by atoms with E-state index in [1.807, 2.05) is 18.2 Å². The Bertz CT molecular complexity index is 823. The lowest BCUT2D eigenvalue weighted by molar-refractivity contribution is 0.180. The van der Waals surface area contributed by atoms with Gasteiger partial charge in [-0.05, 0) is 29.8 Å². The molecule has 1 fully saturated rings. The predicted molar refractivity (Wildman–Crippen MR) is 100 cm³/mol. The highest BCUT2D eigenvalue weighted by Gasteiger charge is 2.27. The number of hydrogen-bond donors (Lipinski definition) is 0. The van der Waals surface area contributed by atoms with Gasteiger partial charge in [0.05, 0.1) is 21.5 Å². The van der Waals surface area contributed by atoms with E-state index in [2.05, 4.69) is 9.88 Å². The lowest BCUT2D eigenvalue weighted by Gasteiger charge is -2.33. The minimum absolute atomic E-state index is 0.0653. The van der Waals surface area contributed by atoms with E-state index in [9.17, 15) is 8.42 Å². The molecule has 3 rings (SSSR count). The normalized spacial score (nSPS) is 16.9. The Balaban J connectivity index is 1.58. The van der Waals surface area contributed by atoms with E-state index in [4.69, 9.17) is 23.2 Å². The van der Waals surface area contributed by atoms with Crippen molar-refractivity contribution in [1.29, 1.82) is 0 Å². The Kier molecular flexibility index (Phi) is 5.96. The van der Waals surface area contributed by atoms with E-state index >= 15 is 0 Å². The van der Waals surface area contributed by atoms with Crippen molar-refractivity contribution >= 4 is 33.2 Å². The molecule has 0 spiro atoms. The number of hydrogen-bond acceptors (Lipinski definition) is 4. The van der Waals surface area contributed by atoms with Gasteiger partial charge in [-0.1, -0.05) is 35.3 Å². The molecule has 1 saturated heterocycles. The van der Waals surface area contributed by atoms with Gasteiger partial charge in [0.2, 0.25) is 10.0 Å². The zero-order chi connectivity index (χ0) is 17.9. The van der Waals surface area contributed by atoms with Crippen LogP contribution in [0.3, 0.4) is 0 Å². The molecule has 0 aliphatic carbocycles. The number of nitrogens with zero attached hydrogens (tertiary/aromatic N) is 3. The van der Waals surface area contributed by atoms with Gasteiger partial charge in [-0.15, -0.1) is 0 Å². The molecule has 0 saturated carbocycles. The van der Waals surface area contributed by atoms with Crippen LogP contribution < -0.4 is 0 Å². The molecular formula is C17H19Cl2N3O2S. The molecule has 1 aromatic heterocycles. The van der Waals surface area contributed by atoms with Crippen LogP contribution >= 0.6 is 23.2 Å². The summed E-state index contributed by atoms with van der Waals surface area (Å²) in [6.45, 7) is 3.09. The summed E-state index contributed by atoms with van der Waals surface area (Å²) in [6.07, 6.45) is 1.77. The van der Waals surface area contributed by atoms with Gasteiger partial charge in [0.15, 0.2) is 0 Å². The second-order valence-electron chi connectivity index (χ2n) is 6.00. The first-order chi connectivity index (χ1) is 11.9. The zero-order valence-electron chi connectivity index (χ0n) is 13.6. The van der Waals surface area contributed by atoms with E-state index in [-0.39, 0.29) is 5.75 Å². The average molecular weight is 400 g/mol. The van der Waals surface area contributed by atoms with Crippen LogP contribution in [0.4, 0.5) is 0 Å². The highest BCUT2D eigenvalue weighted by molar-refractivity contribution is 7.88. The maximum absolute atomic E-state index is 12.6. The molecule has 1 aromatic carbocycles. The molecule has 0 bridgehead atoms. The number of sulfonamides is 1. The SMILES string of the molecule is O=S(=O)(Cc1ccc(Cl)c(Cl)c1)N1CCN(Cc2ccccn2)CC1. The molecule has 0 atom stereocenters. The summed E-state index contributed by atoms with van der Waals surface area (Å²) in [5.74, 6) is -0.0653.